The lowest BCUT2D eigenvalue weighted by atomic mass is 9.86. The minimum atomic E-state index is -0.657. The van der Waals surface area contributed by atoms with Crippen LogP contribution in [0.15, 0.2) is 35.1 Å². The number of halogens is 3. The molecule has 1 aromatic heterocycles. The summed E-state index contributed by atoms with van der Waals surface area (Å²) in [7, 11) is 0. The highest BCUT2D eigenvalue weighted by Crippen LogP contribution is 2.54. The molecule has 144 valence electrons. The van der Waals surface area contributed by atoms with Crippen LogP contribution in [-0.2, 0) is 0 Å². The predicted molar refractivity (Wildman–Crippen MR) is 111 cm³/mol. The standard InChI is InChI=1S/C21H13BrClFN4O/c1-9(2)27-19-16(26-21(27)22)20(29)28-17-11(5-6-14(23)15(17)24)13-7-10(8-25)3-4-12(13)18(19)28/h3-7,9,18H,1-2H3. The van der Waals surface area contributed by atoms with Gasteiger partial charge in [0.2, 0.25) is 0 Å². The molecule has 0 fully saturated rings. The Morgan fingerprint density at radius 3 is 2.72 bits per heavy atom. The Bertz CT molecular complexity index is 1280. The lowest BCUT2D eigenvalue weighted by molar-refractivity contribution is 0.0988. The first-order valence-electron chi connectivity index (χ1n) is 8.98. The largest absolute Gasteiger partial charge is 0.317 e. The van der Waals surface area contributed by atoms with Crippen molar-refractivity contribution < 1.29 is 9.18 Å². The molecule has 0 saturated carbocycles. The number of fused-ring (bicyclic) bond motifs is 8. The van der Waals surface area contributed by atoms with Crippen LogP contribution in [0.1, 0.15) is 53.2 Å². The van der Waals surface area contributed by atoms with E-state index in [1.165, 1.54) is 11.0 Å². The van der Waals surface area contributed by atoms with E-state index in [-0.39, 0.29) is 28.4 Å². The zero-order valence-electron chi connectivity index (χ0n) is 15.4. The van der Waals surface area contributed by atoms with E-state index in [1.54, 1.807) is 18.2 Å². The lowest BCUT2D eigenvalue weighted by Gasteiger charge is -2.35. The van der Waals surface area contributed by atoms with Crippen molar-refractivity contribution in [2.24, 2.45) is 0 Å². The van der Waals surface area contributed by atoms with E-state index < -0.39 is 11.9 Å². The summed E-state index contributed by atoms with van der Waals surface area (Å²) in [5.41, 5.74) is 3.64. The zero-order chi connectivity index (χ0) is 20.6. The van der Waals surface area contributed by atoms with E-state index in [2.05, 4.69) is 27.0 Å². The number of carbonyl (C=O) groups excluding carboxylic acids is 1. The Balaban J connectivity index is 1.91. The molecular formula is C21H13BrClFN4O. The second-order valence-electron chi connectivity index (χ2n) is 7.33. The second kappa shape index (κ2) is 6.15. The molecule has 3 aromatic rings. The van der Waals surface area contributed by atoms with Gasteiger partial charge in [0.05, 0.1) is 28.0 Å². The van der Waals surface area contributed by atoms with Crippen molar-refractivity contribution in [1.29, 1.82) is 5.26 Å². The van der Waals surface area contributed by atoms with Crippen molar-refractivity contribution in [3.05, 3.63) is 68.4 Å². The van der Waals surface area contributed by atoms with E-state index in [0.29, 0.717) is 27.1 Å². The fourth-order valence-electron chi connectivity index (χ4n) is 4.29. The summed E-state index contributed by atoms with van der Waals surface area (Å²) in [5.74, 6) is -1.03. The summed E-state index contributed by atoms with van der Waals surface area (Å²) in [6.07, 6.45) is 0. The molecular weight excluding hydrogens is 459 g/mol. The maximum atomic E-state index is 15.2. The van der Waals surface area contributed by atoms with Crippen molar-refractivity contribution in [3.63, 3.8) is 0 Å². The van der Waals surface area contributed by atoms with Crippen LogP contribution < -0.4 is 4.90 Å². The molecule has 0 bridgehead atoms. The number of imidazole rings is 1. The topological polar surface area (TPSA) is 61.9 Å². The Morgan fingerprint density at radius 1 is 1.28 bits per heavy atom. The Morgan fingerprint density at radius 2 is 2.03 bits per heavy atom. The molecule has 2 aromatic carbocycles. The molecule has 2 aliphatic heterocycles. The first-order valence-corrected chi connectivity index (χ1v) is 10.2. The fraction of sp³-hybridized carbons (Fsp3) is 0.190. The maximum absolute atomic E-state index is 15.2. The molecule has 1 atom stereocenters. The van der Waals surface area contributed by atoms with Crippen molar-refractivity contribution in [2.75, 3.05) is 4.90 Å². The quantitative estimate of drug-likeness (QED) is 0.463. The minimum Gasteiger partial charge on any atom is -0.317 e. The smallest absolute Gasteiger partial charge is 0.279 e. The summed E-state index contributed by atoms with van der Waals surface area (Å²) >= 11 is 9.52. The van der Waals surface area contributed by atoms with E-state index in [4.69, 9.17) is 11.6 Å². The maximum Gasteiger partial charge on any atom is 0.279 e. The minimum absolute atomic E-state index is 0.0285. The SMILES string of the molecule is CC(C)n1c(Br)nc2c1C1c3ccc(C#N)cc3-c3ccc(Cl)c(F)c3N1C2=O. The first-order chi connectivity index (χ1) is 13.8. The number of hydrogen-bond donors (Lipinski definition) is 0. The van der Waals surface area contributed by atoms with Crippen LogP contribution in [0.25, 0.3) is 11.1 Å². The second-order valence-corrected chi connectivity index (χ2v) is 8.44. The molecule has 0 radical (unpaired) electrons. The normalized spacial score (nSPS) is 16.4. The van der Waals surface area contributed by atoms with Crippen LogP contribution in [0.2, 0.25) is 5.02 Å². The van der Waals surface area contributed by atoms with E-state index in [9.17, 15) is 10.1 Å². The van der Waals surface area contributed by atoms with E-state index >= 15 is 4.39 Å². The summed E-state index contributed by atoms with van der Waals surface area (Å²) in [6.45, 7) is 3.99. The fourth-order valence-corrected chi connectivity index (χ4v) is 5.22. The average molecular weight is 472 g/mol. The van der Waals surface area contributed by atoms with Crippen LogP contribution >= 0.6 is 27.5 Å². The molecule has 5 nitrogen and oxygen atoms in total. The Hall–Kier alpha value is -2.69. The number of anilines is 1. The molecule has 29 heavy (non-hydrogen) atoms. The number of nitrogens with zero attached hydrogens (tertiary/aromatic N) is 4. The third kappa shape index (κ3) is 2.30. The third-order valence-corrected chi connectivity index (χ3v) is 6.29. The molecule has 8 heteroatoms. The van der Waals surface area contributed by atoms with Gasteiger partial charge in [0.15, 0.2) is 16.2 Å². The molecule has 0 aliphatic carbocycles. The van der Waals surface area contributed by atoms with E-state index in [0.717, 1.165) is 5.56 Å². The van der Waals surface area contributed by atoms with Gasteiger partial charge in [-0.15, -0.1) is 0 Å². The number of aromatic nitrogens is 2. The van der Waals surface area contributed by atoms with Crippen LogP contribution in [0.5, 0.6) is 0 Å². The van der Waals surface area contributed by atoms with E-state index in [1.807, 2.05) is 24.5 Å². The Kier molecular flexibility index (Phi) is 3.89. The van der Waals surface area contributed by atoms with Gasteiger partial charge in [-0.1, -0.05) is 23.7 Å². The number of amides is 1. The van der Waals surface area contributed by atoms with Crippen LogP contribution in [0, 0.1) is 17.1 Å². The number of rotatable bonds is 1. The Labute approximate surface area is 179 Å². The van der Waals surface area contributed by atoms with Gasteiger partial charge in [-0.25, -0.2) is 9.37 Å². The molecule has 0 spiro atoms. The van der Waals surface area contributed by atoms with Gasteiger partial charge >= 0.3 is 0 Å². The first kappa shape index (κ1) is 18.3. The zero-order valence-corrected chi connectivity index (χ0v) is 17.7. The number of benzene rings is 2. The van der Waals surface area contributed by atoms with Gasteiger partial charge in [-0.2, -0.15) is 5.26 Å². The summed E-state index contributed by atoms with van der Waals surface area (Å²) < 4.78 is 17.7. The average Bonchev–Trinajstić information content (AvgIpc) is 3.17. The van der Waals surface area contributed by atoms with Gasteiger partial charge in [-0.3, -0.25) is 9.69 Å². The molecule has 0 saturated heterocycles. The van der Waals surface area contributed by atoms with Gasteiger partial charge in [0.1, 0.15) is 6.04 Å². The van der Waals surface area contributed by atoms with Crippen LogP contribution in [-0.4, -0.2) is 15.5 Å². The number of nitriles is 1. The van der Waals surface area contributed by atoms with Crippen LogP contribution in [0.3, 0.4) is 0 Å². The highest BCUT2D eigenvalue weighted by molar-refractivity contribution is 9.10. The summed E-state index contributed by atoms with van der Waals surface area (Å²) in [4.78, 5) is 19.2. The molecule has 1 unspecified atom stereocenters. The van der Waals surface area contributed by atoms with Crippen molar-refractivity contribution in [2.45, 2.75) is 25.9 Å². The van der Waals surface area contributed by atoms with Gasteiger partial charge in [0, 0.05) is 11.6 Å². The summed E-state index contributed by atoms with van der Waals surface area (Å²) in [6, 6.07) is 10.0. The molecule has 0 N–H and O–H groups in total. The van der Waals surface area contributed by atoms with Crippen molar-refractivity contribution >= 4 is 39.1 Å². The van der Waals surface area contributed by atoms with Crippen LogP contribution in [0.4, 0.5) is 10.1 Å². The van der Waals surface area contributed by atoms with Gasteiger partial charge < -0.3 is 4.57 Å². The van der Waals surface area contributed by atoms with Crippen molar-refractivity contribution in [1.82, 2.24) is 9.55 Å². The molecule has 2 aliphatic rings. The number of hydrogen-bond acceptors (Lipinski definition) is 3. The molecule has 3 heterocycles. The highest BCUT2D eigenvalue weighted by Gasteiger charge is 2.49. The highest BCUT2D eigenvalue weighted by atomic mass is 79.9. The number of carbonyl (C=O) groups is 1. The predicted octanol–water partition coefficient (Wildman–Crippen LogP) is 5.62. The molecule has 5 rings (SSSR count). The van der Waals surface area contributed by atoms with Crippen molar-refractivity contribution in [3.8, 4) is 17.2 Å². The monoisotopic (exact) mass is 470 g/mol. The summed E-state index contributed by atoms with van der Waals surface area (Å²) in [5, 5.41) is 9.30. The molecule has 1 amide bonds. The van der Waals surface area contributed by atoms with Gasteiger partial charge in [-0.05, 0) is 59.1 Å². The third-order valence-electron chi connectivity index (χ3n) is 5.44. The lowest BCUT2D eigenvalue weighted by Crippen LogP contribution is -2.34. The van der Waals surface area contributed by atoms with Gasteiger partial charge in [0.25, 0.3) is 5.91 Å².